The van der Waals surface area contributed by atoms with Crippen LogP contribution in [0.2, 0.25) is 0 Å². The molecular formula is C22H36IN5O3. The third-order valence-corrected chi connectivity index (χ3v) is 5.53. The molecule has 0 spiro atoms. The summed E-state index contributed by atoms with van der Waals surface area (Å²) in [6.45, 7) is 9.29. The monoisotopic (exact) mass is 545 g/mol. The first-order valence-electron chi connectivity index (χ1n) is 10.8. The molecule has 2 saturated heterocycles. The number of halogens is 1. The van der Waals surface area contributed by atoms with Gasteiger partial charge in [0.05, 0.1) is 19.8 Å². The zero-order valence-corrected chi connectivity index (χ0v) is 21.2. The van der Waals surface area contributed by atoms with Gasteiger partial charge in [-0.2, -0.15) is 0 Å². The van der Waals surface area contributed by atoms with Gasteiger partial charge in [0.1, 0.15) is 5.75 Å². The van der Waals surface area contributed by atoms with E-state index in [1.54, 1.807) is 14.1 Å². The highest BCUT2D eigenvalue weighted by Gasteiger charge is 2.30. The Hall–Kier alpha value is -1.59. The highest BCUT2D eigenvalue weighted by Crippen LogP contribution is 2.18. The number of benzene rings is 1. The molecule has 2 heterocycles. The van der Waals surface area contributed by atoms with Gasteiger partial charge >= 0.3 is 0 Å². The van der Waals surface area contributed by atoms with Crippen molar-refractivity contribution >= 4 is 35.8 Å². The normalized spacial score (nSPS) is 19.6. The molecule has 1 aromatic carbocycles. The fourth-order valence-electron chi connectivity index (χ4n) is 3.77. The average Bonchev–Trinajstić information content (AvgIpc) is 3.26. The molecule has 2 aliphatic heterocycles. The minimum atomic E-state index is -0.0586. The van der Waals surface area contributed by atoms with E-state index in [1.807, 2.05) is 24.3 Å². The molecule has 0 saturated carbocycles. The van der Waals surface area contributed by atoms with Crippen LogP contribution in [0.4, 0.5) is 0 Å². The van der Waals surface area contributed by atoms with Crippen LogP contribution in [-0.2, 0) is 16.1 Å². The molecule has 0 aromatic heterocycles. The number of rotatable bonds is 7. The Kier molecular flexibility index (Phi) is 10.8. The molecule has 174 valence electrons. The van der Waals surface area contributed by atoms with E-state index in [-0.39, 0.29) is 36.5 Å². The smallest absolute Gasteiger partial charge is 0.259 e. The van der Waals surface area contributed by atoms with E-state index in [0.29, 0.717) is 18.3 Å². The number of ether oxygens (including phenoxy) is 2. The fourth-order valence-corrected chi connectivity index (χ4v) is 3.77. The second-order valence-corrected chi connectivity index (χ2v) is 7.93. The van der Waals surface area contributed by atoms with Gasteiger partial charge in [0.15, 0.2) is 12.6 Å². The number of hydrogen-bond donors (Lipinski definition) is 1. The van der Waals surface area contributed by atoms with Crippen molar-refractivity contribution in [2.24, 2.45) is 4.99 Å². The molecule has 8 nitrogen and oxygen atoms in total. The summed E-state index contributed by atoms with van der Waals surface area (Å²) >= 11 is 0. The summed E-state index contributed by atoms with van der Waals surface area (Å²) in [5.74, 6) is 1.59. The van der Waals surface area contributed by atoms with Crippen molar-refractivity contribution in [3.05, 3.63) is 29.8 Å². The lowest BCUT2D eigenvalue weighted by Crippen LogP contribution is -2.46. The Morgan fingerprint density at radius 1 is 1.29 bits per heavy atom. The summed E-state index contributed by atoms with van der Waals surface area (Å²) < 4.78 is 11.1. The molecular weight excluding hydrogens is 509 g/mol. The highest BCUT2D eigenvalue weighted by atomic mass is 127. The van der Waals surface area contributed by atoms with Gasteiger partial charge in [-0.3, -0.25) is 9.69 Å². The maximum absolute atomic E-state index is 11.7. The van der Waals surface area contributed by atoms with Gasteiger partial charge < -0.3 is 24.6 Å². The van der Waals surface area contributed by atoms with Crippen LogP contribution >= 0.6 is 24.0 Å². The number of likely N-dealkylation sites (tertiary alicyclic amines) is 1. The van der Waals surface area contributed by atoms with Crippen LogP contribution in [0.25, 0.3) is 0 Å². The maximum Gasteiger partial charge on any atom is 0.259 e. The predicted octanol–water partition coefficient (Wildman–Crippen LogP) is 1.64. The Morgan fingerprint density at radius 2 is 2.06 bits per heavy atom. The minimum absolute atomic E-state index is 0. The summed E-state index contributed by atoms with van der Waals surface area (Å²) in [5, 5.41) is 3.44. The van der Waals surface area contributed by atoms with Crippen LogP contribution in [0.15, 0.2) is 29.3 Å². The molecule has 1 amide bonds. The van der Waals surface area contributed by atoms with Gasteiger partial charge in [-0.05, 0) is 31.0 Å². The van der Waals surface area contributed by atoms with Crippen LogP contribution in [0.1, 0.15) is 18.9 Å². The fraction of sp³-hybridized carbons (Fsp3) is 0.636. The van der Waals surface area contributed by atoms with E-state index in [0.717, 1.165) is 63.9 Å². The maximum atomic E-state index is 11.7. The number of carbonyl (C=O) groups excluding carboxylic acids is 1. The van der Waals surface area contributed by atoms with Crippen LogP contribution in [0, 0.1) is 0 Å². The van der Waals surface area contributed by atoms with Gasteiger partial charge in [-0.25, -0.2) is 4.99 Å². The van der Waals surface area contributed by atoms with E-state index in [1.165, 1.54) is 4.90 Å². The molecule has 1 atom stereocenters. The molecule has 1 aromatic rings. The Morgan fingerprint density at radius 3 is 2.77 bits per heavy atom. The van der Waals surface area contributed by atoms with Gasteiger partial charge in [-0.15, -0.1) is 24.0 Å². The van der Waals surface area contributed by atoms with Gasteiger partial charge in [0.2, 0.25) is 0 Å². The van der Waals surface area contributed by atoms with Crippen molar-refractivity contribution in [1.29, 1.82) is 0 Å². The number of aliphatic imine (C=N–C) groups is 1. The standard InChI is InChI=1S/C22H35N5O3.HI/c1-4-23-22(27-9-8-19(16-27)26-10-12-29-13-11-26)24-15-18-6-5-7-20(14-18)30-17-21(28)25(2)3;/h5-7,14,19H,4,8-13,15-17H2,1-3H3,(H,23,24);1H. The second-order valence-electron chi connectivity index (χ2n) is 7.93. The number of nitrogens with one attached hydrogen (secondary N) is 1. The van der Waals surface area contributed by atoms with Gasteiger partial charge in [0, 0.05) is 52.9 Å². The number of nitrogens with zero attached hydrogens (tertiary/aromatic N) is 4. The van der Waals surface area contributed by atoms with Crippen LogP contribution in [0.3, 0.4) is 0 Å². The van der Waals surface area contributed by atoms with Crippen molar-refractivity contribution < 1.29 is 14.3 Å². The molecule has 31 heavy (non-hydrogen) atoms. The molecule has 0 aliphatic carbocycles. The van der Waals surface area contributed by atoms with Crippen LogP contribution in [-0.4, -0.2) is 99.2 Å². The number of hydrogen-bond acceptors (Lipinski definition) is 5. The second kappa shape index (κ2) is 13.1. The first kappa shape index (κ1) is 25.7. The van der Waals surface area contributed by atoms with Crippen molar-refractivity contribution in [3.63, 3.8) is 0 Å². The van der Waals surface area contributed by atoms with Crippen LogP contribution < -0.4 is 10.1 Å². The SMILES string of the molecule is CCNC(=NCc1cccc(OCC(=O)N(C)C)c1)N1CCC(N2CCOCC2)C1.I. The van der Waals surface area contributed by atoms with Gasteiger partial charge in [-0.1, -0.05) is 12.1 Å². The van der Waals surface area contributed by atoms with Crippen molar-refractivity contribution in [1.82, 2.24) is 20.0 Å². The minimum Gasteiger partial charge on any atom is -0.484 e. The quantitative estimate of drug-likeness (QED) is 0.320. The molecule has 0 radical (unpaired) electrons. The zero-order chi connectivity index (χ0) is 21.3. The van der Waals surface area contributed by atoms with E-state index in [4.69, 9.17) is 14.5 Å². The summed E-state index contributed by atoms with van der Waals surface area (Å²) in [6.07, 6.45) is 1.16. The number of guanidine groups is 1. The summed E-state index contributed by atoms with van der Waals surface area (Å²) in [5.41, 5.74) is 1.06. The number of likely N-dealkylation sites (N-methyl/N-ethyl adjacent to an activating group) is 1. The molecule has 0 bridgehead atoms. The Labute approximate surface area is 203 Å². The van der Waals surface area contributed by atoms with E-state index < -0.39 is 0 Å². The van der Waals surface area contributed by atoms with Crippen LogP contribution in [0.5, 0.6) is 5.75 Å². The summed E-state index contributed by atoms with van der Waals surface area (Å²) in [6, 6.07) is 8.38. The van der Waals surface area contributed by atoms with E-state index in [2.05, 4.69) is 22.0 Å². The van der Waals surface area contributed by atoms with E-state index in [9.17, 15) is 4.79 Å². The molecule has 2 fully saturated rings. The number of amides is 1. The Bertz CT molecular complexity index is 725. The van der Waals surface area contributed by atoms with Crippen molar-refractivity contribution in [2.45, 2.75) is 25.9 Å². The summed E-state index contributed by atoms with van der Waals surface area (Å²) in [4.78, 5) is 23.0. The van der Waals surface area contributed by atoms with Crippen molar-refractivity contribution in [3.8, 4) is 5.75 Å². The molecule has 9 heteroatoms. The topological polar surface area (TPSA) is 69.6 Å². The zero-order valence-electron chi connectivity index (χ0n) is 18.9. The molecule has 2 aliphatic rings. The number of morpholine rings is 1. The number of carbonyl (C=O) groups is 1. The third kappa shape index (κ3) is 7.80. The largest absolute Gasteiger partial charge is 0.484 e. The molecule has 1 N–H and O–H groups in total. The predicted molar refractivity (Wildman–Crippen MR) is 133 cm³/mol. The molecule has 3 rings (SSSR count). The third-order valence-electron chi connectivity index (χ3n) is 5.53. The van der Waals surface area contributed by atoms with Gasteiger partial charge in [0.25, 0.3) is 5.91 Å². The lowest BCUT2D eigenvalue weighted by Gasteiger charge is -2.32. The lowest BCUT2D eigenvalue weighted by atomic mass is 10.2. The molecule has 1 unspecified atom stereocenters. The first-order chi connectivity index (χ1) is 14.6. The lowest BCUT2D eigenvalue weighted by molar-refractivity contribution is -0.130. The highest BCUT2D eigenvalue weighted by molar-refractivity contribution is 14.0. The Balaban J connectivity index is 0.00000341. The average molecular weight is 545 g/mol. The first-order valence-corrected chi connectivity index (χ1v) is 10.8. The van der Waals surface area contributed by atoms with Crippen molar-refractivity contribution in [2.75, 3.05) is 66.6 Å². The summed E-state index contributed by atoms with van der Waals surface area (Å²) in [7, 11) is 3.45. The van der Waals surface area contributed by atoms with E-state index >= 15 is 0 Å².